The third-order valence-corrected chi connectivity index (χ3v) is 5.87. The van der Waals surface area contributed by atoms with E-state index in [0.29, 0.717) is 11.1 Å². The summed E-state index contributed by atoms with van der Waals surface area (Å²) in [5.74, 6) is 1.17. The fourth-order valence-electron chi connectivity index (χ4n) is 4.02. The van der Waals surface area contributed by atoms with Gasteiger partial charge in [0.05, 0.1) is 19.2 Å². The first-order chi connectivity index (χ1) is 14.0. The van der Waals surface area contributed by atoms with Crippen LogP contribution in [-0.4, -0.2) is 46.8 Å². The van der Waals surface area contributed by atoms with Crippen LogP contribution >= 0.6 is 11.6 Å². The molecule has 1 aliphatic carbocycles. The van der Waals surface area contributed by atoms with Crippen LogP contribution in [0, 0.1) is 5.92 Å². The standard InChI is InChI=1S/C21H24ClN5O2/c1-26(2)19-10-17(13-4-6-14(7-5-13)21(28)29-3)25-20-16(12-24-27(19)20)15-8-9-18(22)23-11-15/h8-14H,4-7H2,1-3H3. The number of hydrogen-bond donors (Lipinski definition) is 0. The molecule has 0 unspecified atom stereocenters. The summed E-state index contributed by atoms with van der Waals surface area (Å²) in [6, 6.07) is 5.80. The zero-order valence-electron chi connectivity index (χ0n) is 16.8. The second-order valence-corrected chi connectivity index (χ2v) is 8.06. The molecule has 0 aliphatic heterocycles. The van der Waals surface area contributed by atoms with Gasteiger partial charge in [0.15, 0.2) is 5.65 Å². The molecule has 0 amide bonds. The number of esters is 1. The van der Waals surface area contributed by atoms with E-state index in [-0.39, 0.29) is 11.9 Å². The van der Waals surface area contributed by atoms with Gasteiger partial charge in [-0.05, 0) is 37.8 Å². The topological polar surface area (TPSA) is 72.6 Å². The normalized spacial score (nSPS) is 19.3. The van der Waals surface area contributed by atoms with Crippen molar-refractivity contribution in [3.63, 3.8) is 0 Å². The van der Waals surface area contributed by atoms with Gasteiger partial charge in [-0.2, -0.15) is 9.61 Å². The number of hydrogen-bond acceptors (Lipinski definition) is 6. The van der Waals surface area contributed by atoms with Crippen molar-refractivity contribution in [1.82, 2.24) is 19.6 Å². The van der Waals surface area contributed by atoms with Crippen LogP contribution in [0.1, 0.15) is 37.3 Å². The third kappa shape index (κ3) is 3.79. The van der Waals surface area contributed by atoms with Crippen molar-refractivity contribution in [2.24, 2.45) is 5.92 Å². The Hall–Kier alpha value is -2.67. The Labute approximate surface area is 174 Å². The summed E-state index contributed by atoms with van der Waals surface area (Å²) in [6.07, 6.45) is 7.05. The van der Waals surface area contributed by atoms with Crippen molar-refractivity contribution < 1.29 is 9.53 Å². The van der Waals surface area contributed by atoms with Crippen LogP contribution in [0.4, 0.5) is 5.82 Å². The Balaban J connectivity index is 1.73. The Morgan fingerprint density at radius 3 is 2.59 bits per heavy atom. The molecule has 8 heteroatoms. The average Bonchev–Trinajstić information content (AvgIpc) is 3.17. The Bertz CT molecular complexity index is 1020. The number of carbonyl (C=O) groups is 1. The van der Waals surface area contributed by atoms with E-state index in [1.54, 1.807) is 12.3 Å². The third-order valence-electron chi connectivity index (χ3n) is 5.65. The molecular formula is C21H24ClN5O2. The summed E-state index contributed by atoms with van der Waals surface area (Å²) < 4.78 is 6.77. The van der Waals surface area contributed by atoms with Crippen LogP contribution in [0.25, 0.3) is 16.8 Å². The molecule has 1 fully saturated rings. The molecule has 29 heavy (non-hydrogen) atoms. The number of nitrogens with zero attached hydrogens (tertiary/aromatic N) is 5. The predicted molar refractivity (Wildman–Crippen MR) is 112 cm³/mol. The van der Waals surface area contributed by atoms with E-state index in [0.717, 1.165) is 54.0 Å². The molecule has 0 bridgehead atoms. The van der Waals surface area contributed by atoms with Crippen LogP contribution < -0.4 is 4.90 Å². The molecule has 3 heterocycles. The van der Waals surface area contributed by atoms with Gasteiger partial charge in [0.25, 0.3) is 0 Å². The Kier molecular flexibility index (Phi) is 5.41. The summed E-state index contributed by atoms with van der Waals surface area (Å²) in [5.41, 5.74) is 3.68. The van der Waals surface area contributed by atoms with Gasteiger partial charge in [-0.1, -0.05) is 11.6 Å². The van der Waals surface area contributed by atoms with Crippen LogP contribution in [0.15, 0.2) is 30.6 Å². The monoisotopic (exact) mass is 413 g/mol. The molecule has 4 rings (SSSR count). The zero-order valence-corrected chi connectivity index (χ0v) is 17.6. The Morgan fingerprint density at radius 2 is 1.97 bits per heavy atom. The molecule has 0 atom stereocenters. The van der Waals surface area contributed by atoms with Gasteiger partial charge < -0.3 is 9.64 Å². The van der Waals surface area contributed by atoms with Crippen molar-refractivity contribution in [2.75, 3.05) is 26.1 Å². The number of carbonyl (C=O) groups excluding carboxylic acids is 1. The zero-order chi connectivity index (χ0) is 20.5. The van der Waals surface area contributed by atoms with E-state index in [1.807, 2.05) is 35.8 Å². The van der Waals surface area contributed by atoms with E-state index < -0.39 is 0 Å². The molecule has 7 nitrogen and oxygen atoms in total. The molecule has 0 radical (unpaired) electrons. The number of methoxy groups -OCH3 is 1. The molecule has 3 aromatic rings. The average molecular weight is 414 g/mol. The predicted octanol–water partition coefficient (Wildman–Crippen LogP) is 3.96. The molecule has 3 aromatic heterocycles. The summed E-state index contributed by atoms with van der Waals surface area (Å²) in [4.78, 5) is 23.1. The number of anilines is 1. The molecule has 0 aromatic carbocycles. The summed E-state index contributed by atoms with van der Waals surface area (Å²) in [5, 5.41) is 5.02. The van der Waals surface area contributed by atoms with E-state index in [2.05, 4.69) is 16.1 Å². The lowest BCUT2D eigenvalue weighted by Crippen LogP contribution is -2.23. The maximum atomic E-state index is 11.8. The highest BCUT2D eigenvalue weighted by Gasteiger charge is 2.29. The van der Waals surface area contributed by atoms with E-state index in [1.165, 1.54) is 7.11 Å². The van der Waals surface area contributed by atoms with Crippen molar-refractivity contribution in [1.29, 1.82) is 0 Å². The summed E-state index contributed by atoms with van der Waals surface area (Å²) in [6.45, 7) is 0. The number of fused-ring (bicyclic) bond motifs is 1. The highest BCUT2D eigenvalue weighted by atomic mass is 35.5. The first-order valence-electron chi connectivity index (χ1n) is 9.73. The lowest BCUT2D eigenvalue weighted by molar-refractivity contribution is -0.146. The van der Waals surface area contributed by atoms with Gasteiger partial charge in [-0.25, -0.2) is 9.97 Å². The van der Waals surface area contributed by atoms with E-state index in [4.69, 9.17) is 21.3 Å². The van der Waals surface area contributed by atoms with Gasteiger partial charge in [0.2, 0.25) is 0 Å². The second-order valence-electron chi connectivity index (χ2n) is 7.67. The van der Waals surface area contributed by atoms with Gasteiger partial charge in [-0.15, -0.1) is 0 Å². The fourth-order valence-corrected chi connectivity index (χ4v) is 4.13. The summed E-state index contributed by atoms with van der Waals surface area (Å²) in [7, 11) is 5.45. The smallest absolute Gasteiger partial charge is 0.308 e. The summed E-state index contributed by atoms with van der Waals surface area (Å²) >= 11 is 5.94. The minimum atomic E-state index is -0.103. The number of aromatic nitrogens is 4. The van der Waals surface area contributed by atoms with Gasteiger partial charge in [-0.3, -0.25) is 4.79 Å². The molecule has 0 N–H and O–H groups in total. The number of rotatable bonds is 4. The molecule has 1 aliphatic rings. The number of pyridine rings is 1. The number of halogens is 1. The Morgan fingerprint density at radius 1 is 1.21 bits per heavy atom. The van der Waals surface area contributed by atoms with Crippen molar-refractivity contribution in [2.45, 2.75) is 31.6 Å². The molecule has 0 saturated heterocycles. The lowest BCUT2D eigenvalue weighted by Gasteiger charge is -2.27. The van der Waals surface area contributed by atoms with Crippen LogP contribution in [0.5, 0.6) is 0 Å². The fraction of sp³-hybridized carbons (Fsp3) is 0.429. The minimum absolute atomic E-state index is 0.000954. The van der Waals surface area contributed by atoms with Crippen LogP contribution in [0.3, 0.4) is 0 Å². The van der Waals surface area contributed by atoms with Crippen molar-refractivity contribution in [3.05, 3.63) is 41.4 Å². The maximum absolute atomic E-state index is 11.8. The first kappa shape index (κ1) is 19.6. The van der Waals surface area contributed by atoms with Gasteiger partial charge in [0.1, 0.15) is 11.0 Å². The lowest BCUT2D eigenvalue weighted by atomic mass is 9.80. The van der Waals surface area contributed by atoms with E-state index in [9.17, 15) is 4.79 Å². The first-order valence-corrected chi connectivity index (χ1v) is 10.1. The van der Waals surface area contributed by atoms with Gasteiger partial charge in [0, 0.05) is 49.1 Å². The van der Waals surface area contributed by atoms with Crippen molar-refractivity contribution >= 4 is 29.0 Å². The molecule has 0 spiro atoms. The van der Waals surface area contributed by atoms with Crippen LogP contribution in [-0.2, 0) is 9.53 Å². The second kappa shape index (κ2) is 7.99. The molecule has 152 valence electrons. The largest absolute Gasteiger partial charge is 0.469 e. The quantitative estimate of drug-likeness (QED) is 0.476. The van der Waals surface area contributed by atoms with Gasteiger partial charge >= 0.3 is 5.97 Å². The van der Waals surface area contributed by atoms with Crippen molar-refractivity contribution in [3.8, 4) is 11.1 Å². The highest BCUT2D eigenvalue weighted by Crippen LogP contribution is 2.37. The SMILES string of the molecule is COC(=O)C1CCC(c2cc(N(C)C)n3ncc(-c4ccc(Cl)nc4)c3n2)CC1. The number of ether oxygens (including phenoxy) is 1. The van der Waals surface area contributed by atoms with Crippen LogP contribution in [0.2, 0.25) is 5.15 Å². The molecular weight excluding hydrogens is 390 g/mol. The maximum Gasteiger partial charge on any atom is 0.308 e. The van der Waals surface area contributed by atoms with E-state index >= 15 is 0 Å². The molecule has 1 saturated carbocycles. The minimum Gasteiger partial charge on any atom is -0.469 e. The highest BCUT2D eigenvalue weighted by molar-refractivity contribution is 6.29.